The largest absolute Gasteiger partial charge is 0.482 e. The Morgan fingerprint density at radius 2 is 1.86 bits per heavy atom. The molecular formula is C16H17FN2O2. The number of nitrogen functional groups attached to an aromatic ring is 1. The van der Waals surface area contributed by atoms with Crippen LogP contribution in [-0.4, -0.2) is 19.1 Å². The first-order chi connectivity index (χ1) is 10.1. The monoisotopic (exact) mass is 288 g/mol. The van der Waals surface area contributed by atoms with E-state index in [9.17, 15) is 9.18 Å². The molecule has 0 atom stereocenters. The molecule has 21 heavy (non-hydrogen) atoms. The molecule has 2 rings (SSSR count). The number of carbonyl (C=O) groups is 1. The van der Waals surface area contributed by atoms with Gasteiger partial charge in [-0.1, -0.05) is 12.1 Å². The third-order valence-corrected chi connectivity index (χ3v) is 3.03. The number of rotatable bonds is 5. The summed E-state index contributed by atoms with van der Waals surface area (Å²) >= 11 is 0. The van der Waals surface area contributed by atoms with Crippen molar-refractivity contribution in [2.45, 2.75) is 6.92 Å². The molecule has 4 nitrogen and oxygen atoms in total. The lowest BCUT2D eigenvalue weighted by atomic mass is 10.2. The van der Waals surface area contributed by atoms with E-state index in [-0.39, 0.29) is 18.3 Å². The van der Waals surface area contributed by atoms with Gasteiger partial charge in [0.25, 0.3) is 5.91 Å². The van der Waals surface area contributed by atoms with Crippen LogP contribution in [0, 0.1) is 5.82 Å². The number of ether oxygens (including phenoxy) is 1. The van der Waals surface area contributed by atoms with Gasteiger partial charge in [0.05, 0.1) is 5.69 Å². The normalized spacial score (nSPS) is 10.2. The van der Waals surface area contributed by atoms with Crippen molar-refractivity contribution in [2.24, 2.45) is 0 Å². The summed E-state index contributed by atoms with van der Waals surface area (Å²) in [5.41, 5.74) is 6.87. The van der Waals surface area contributed by atoms with Crippen molar-refractivity contribution in [2.75, 3.05) is 23.8 Å². The Bertz CT molecular complexity index is 614. The lowest BCUT2D eigenvalue weighted by molar-refractivity contribution is -0.120. The van der Waals surface area contributed by atoms with E-state index in [4.69, 9.17) is 10.5 Å². The Hall–Kier alpha value is -2.56. The van der Waals surface area contributed by atoms with Crippen LogP contribution in [0.1, 0.15) is 6.92 Å². The van der Waals surface area contributed by atoms with Gasteiger partial charge in [0.1, 0.15) is 11.6 Å². The molecule has 0 aliphatic heterocycles. The topological polar surface area (TPSA) is 55.6 Å². The van der Waals surface area contributed by atoms with Gasteiger partial charge in [-0.2, -0.15) is 0 Å². The highest BCUT2D eigenvalue weighted by molar-refractivity contribution is 5.94. The van der Waals surface area contributed by atoms with Crippen LogP contribution in [0.15, 0.2) is 48.5 Å². The van der Waals surface area contributed by atoms with Gasteiger partial charge in [-0.3, -0.25) is 4.79 Å². The number of nitrogens with two attached hydrogens (primary N) is 1. The molecule has 0 aromatic heterocycles. The van der Waals surface area contributed by atoms with Crippen LogP contribution in [-0.2, 0) is 4.79 Å². The molecule has 5 heteroatoms. The van der Waals surface area contributed by atoms with E-state index >= 15 is 0 Å². The first kappa shape index (κ1) is 14.8. The second-order valence-corrected chi connectivity index (χ2v) is 4.44. The van der Waals surface area contributed by atoms with E-state index < -0.39 is 0 Å². The summed E-state index contributed by atoms with van der Waals surface area (Å²) in [6.45, 7) is 2.19. The van der Waals surface area contributed by atoms with Crippen LogP contribution in [0.5, 0.6) is 5.75 Å². The van der Waals surface area contributed by atoms with E-state index in [1.54, 1.807) is 36.4 Å². The fourth-order valence-electron chi connectivity index (χ4n) is 1.95. The number of hydrogen-bond acceptors (Lipinski definition) is 3. The number of benzene rings is 2. The predicted octanol–water partition coefficient (Wildman–Crippen LogP) is 2.84. The van der Waals surface area contributed by atoms with Crippen LogP contribution in [0.4, 0.5) is 15.8 Å². The summed E-state index contributed by atoms with van der Waals surface area (Å²) in [4.78, 5) is 13.7. The van der Waals surface area contributed by atoms with Gasteiger partial charge in [-0.05, 0) is 43.3 Å². The molecule has 2 N–H and O–H groups in total. The minimum Gasteiger partial charge on any atom is -0.482 e. The molecule has 110 valence electrons. The summed E-state index contributed by atoms with van der Waals surface area (Å²) in [5.74, 6) is -0.0797. The van der Waals surface area contributed by atoms with Crippen LogP contribution >= 0.6 is 0 Å². The number of para-hydroxylation sites is 2. The van der Waals surface area contributed by atoms with Gasteiger partial charge in [-0.25, -0.2) is 4.39 Å². The highest BCUT2D eigenvalue weighted by Gasteiger charge is 2.15. The molecule has 0 aliphatic carbocycles. The molecule has 0 aliphatic rings. The number of hydrogen-bond donors (Lipinski definition) is 1. The van der Waals surface area contributed by atoms with Gasteiger partial charge in [0, 0.05) is 12.2 Å². The minimum absolute atomic E-state index is 0.126. The molecule has 1 amide bonds. The van der Waals surface area contributed by atoms with Crippen molar-refractivity contribution in [3.05, 3.63) is 54.3 Å². The van der Waals surface area contributed by atoms with Crippen molar-refractivity contribution >= 4 is 17.3 Å². The first-order valence-electron chi connectivity index (χ1n) is 6.65. The summed E-state index contributed by atoms with van der Waals surface area (Å²) in [7, 11) is 0. The van der Waals surface area contributed by atoms with Crippen LogP contribution in [0.25, 0.3) is 0 Å². The molecule has 0 heterocycles. The quantitative estimate of drug-likeness (QED) is 0.861. The minimum atomic E-state index is -0.337. The Balaban J connectivity index is 2.04. The van der Waals surface area contributed by atoms with Crippen LogP contribution in [0.3, 0.4) is 0 Å². The maximum Gasteiger partial charge on any atom is 0.264 e. The highest BCUT2D eigenvalue weighted by Crippen LogP contribution is 2.20. The molecular weight excluding hydrogens is 271 g/mol. The van der Waals surface area contributed by atoms with Crippen molar-refractivity contribution in [3.63, 3.8) is 0 Å². The summed E-state index contributed by atoms with van der Waals surface area (Å²) in [6.07, 6.45) is 0. The second kappa shape index (κ2) is 6.74. The summed E-state index contributed by atoms with van der Waals surface area (Å²) in [5, 5.41) is 0. The maximum atomic E-state index is 12.9. The van der Waals surface area contributed by atoms with Crippen molar-refractivity contribution in [3.8, 4) is 5.75 Å². The zero-order valence-electron chi connectivity index (χ0n) is 11.8. The van der Waals surface area contributed by atoms with Gasteiger partial charge in [-0.15, -0.1) is 0 Å². The third-order valence-electron chi connectivity index (χ3n) is 3.03. The fourth-order valence-corrected chi connectivity index (χ4v) is 1.95. The Morgan fingerprint density at radius 1 is 1.19 bits per heavy atom. The summed E-state index contributed by atoms with van der Waals surface area (Å²) < 4.78 is 18.4. The molecule has 0 bridgehead atoms. The average Bonchev–Trinajstić information content (AvgIpc) is 2.49. The zero-order valence-corrected chi connectivity index (χ0v) is 11.8. The first-order valence-corrected chi connectivity index (χ1v) is 6.65. The number of anilines is 2. The standard InChI is InChI=1S/C16H17FN2O2/c1-2-19(13-9-7-12(17)8-10-13)16(20)11-21-15-6-4-3-5-14(15)18/h3-10H,2,11,18H2,1H3. The highest BCUT2D eigenvalue weighted by atomic mass is 19.1. The number of halogens is 1. The molecule has 0 fully saturated rings. The van der Waals surface area contributed by atoms with E-state index in [0.29, 0.717) is 23.7 Å². The lowest BCUT2D eigenvalue weighted by Crippen LogP contribution is -2.34. The number of carbonyl (C=O) groups excluding carboxylic acids is 1. The predicted molar refractivity (Wildman–Crippen MR) is 80.8 cm³/mol. The SMILES string of the molecule is CCN(C(=O)COc1ccccc1N)c1ccc(F)cc1. The third kappa shape index (κ3) is 3.72. The molecule has 2 aromatic carbocycles. The van der Waals surface area contributed by atoms with Gasteiger partial charge >= 0.3 is 0 Å². The fraction of sp³-hybridized carbons (Fsp3) is 0.188. The summed E-state index contributed by atoms with van der Waals surface area (Å²) in [6, 6.07) is 12.8. The Morgan fingerprint density at radius 3 is 2.48 bits per heavy atom. The average molecular weight is 288 g/mol. The van der Waals surface area contributed by atoms with E-state index in [1.807, 2.05) is 6.92 Å². The van der Waals surface area contributed by atoms with Crippen LogP contribution in [0.2, 0.25) is 0 Å². The molecule has 0 radical (unpaired) electrons. The van der Waals surface area contributed by atoms with E-state index in [2.05, 4.69) is 0 Å². The van der Waals surface area contributed by atoms with Crippen molar-refractivity contribution in [1.82, 2.24) is 0 Å². The van der Waals surface area contributed by atoms with Gasteiger partial charge in [0.15, 0.2) is 6.61 Å². The molecule has 2 aromatic rings. The van der Waals surface area contributed by atoms with E-state index in [1.165, 1.54) is 17.0 Å². The number of likely N-dealkylation sites (N-methyl/N-ethyl adjacent to an activating group) is 1. The molecule has 0 spiro atoms. The lowest BCUT2D eigenvalue weighted by Gasteiger charge is -2.21. The second-order valence-electron chi connectivity index (χ2n) is 4.44. The molecule has 0 saturated carbocycles. The molecule has 0 saturated heterocycles. The maximum absolute atomic E-state index is 12.9. The zero-order chi connectivity index (χ0) is 15.2. The van der Waals surface area contributed by atoms with Crippen molar-refractivity contribution < 1.29 is 13.9 Å². The van der Waals surface area contributed by atoms with E-state index in [0.717, 1.165) is 0 Å². The Labute approximate surface area is 122 Å². The van der Waals surface area contributed by atoms with Crippen molar-refractivity contribution in [1.29, 1.82) is 0 Å². The van der Waals surface area contributed by atoms with Gasteiger partial charge in [0.2, 0.25) is 0 Å². The van der Waals surface area contributed by atoms with Gasteiger partial charge < -0.3 is 15.4 Å². The smallest absolute Gasteiger partial charge is 0.264 e. The Kier molecular flexibility index (Phi) is 4.77. The number of nitrogens with zero attached hydrogens (tertiary/aromatic N) is 1. The molecule has 0 unspecified atom stereocenters. The number of amides is 1. The van der Waals surface area contributed by atoms with Crippen LogP contribution < -0.4 is 15.4 Å².